The lowest BCUT2D eigenvalue weighted by Gasteiger charge is -2.55. The first kappa shape index (κ1) is 17.0. The van der Waals surface area contributed by atoms with Gasteiger partial charge in [-0.05, 0) is 12.5 Å². The Kier molecular flexibility index (Phi) is 3.88. The zero-order valence-corrected chi connectivity index (χ0v) is 16.1. The molecular weight excluding hydrogens is 338 g/mol. The van der Waals surface area contributed by atoms with Crippen molar-refractivity contribution < 1.29 is 4.79 Å². The van der Waals surface area contributed by atoms with Gasteiger partial charge in [-0.3, -0.25) is 4.79 Å². The number of fused-ring (bicyclic) bond motifs is 1. The molecule has 5 heterocycles. The molecule has 1 aromatic heterocycles. The minimum absolute atomic E-state index is 0.00366. The van der Waals surface area contributed by atoms with Crippen LogP contribution in [0.4, 0.5) is 0 Å². The summed E-state index contributed by atoms with van der Waals surface area (Å²) in [6, 6.07) is 10.9. The third-order valence-corrected chi connectivity index (χ3v) is 6.77. The summed E-state index contributed by atoms with van der Waals surface area (Å²) >= 11 is 0. The van der Waals surface area contributed by atoms with E-state index in [2.05, 4.69) is 50.4 Å². The van der Waals surface area contributed by atoms with Crippen LogP contribution in [-0.2, 0) is 12.5 Å². The smallest absolute Gasteiger partial charge is 0.270 e. The van der Waals surface area contributed by atoms with Crippen molar-refractivity contribution >= 4 is 5.91 Å². The number of nitrogens with one attached hydrogen (secondary N) is 1. The molecular formula is C21H27N5O. The molecule has 0 saturated carbocycles. The number of aryl methyl sites for hydroxylation is 2. The summed E-state index contributed by atoms with van der Waals surface area (Å²) in [7, 11) is 1.89. The van der Waals surface area contributed by atoms with E-state index in [0.29, 0.717) is 11.6 Å². The standard InChI is InChI=1S/C21H27N5O/c1-15-18(24(2)14-22-15)20(27)23-19-16-10-25-8-9-26(11-16)13-21(19,12-25)17-6-4-3-5-7-17/h3-7,14,16,19H,8-13H2,1-2H3,(H,23,27)/t16?,19-,21?/m1/s1. The number of aromatic nitrogens is 2. The number of piperidine rings is 2. The van der Waals surface area contributed by atoms with Crippen LogP contribution in [0, 0.1) is 12.8 Å². The lowest BCUT2D eigenvalue weighted by Crippen LogP contribution is -2.70. The molecule has 4 aliphatic heterocycles. The summed E-state index contributed by atoms with van der Waals surface area (Å²) in [5, 5.41) is 3.46. The van der Waals surface area contributed by atoms with Gasteiger partial charge < -0.3 is 19.7 Å². The Hall–Kier alpha value is -2.18. The van der Waals surface area contributed by atoms with E-state index in [4.69, 9.17) is 0 Å². The monoisotopic (exact) mass is 365 g/mol. The molecule has 1 aromatic carbocycles. The number of carbonyl (C=O) groups is 1. The van der Waals surface area contributed by atoms with Gasteiger partial charge in [0.05, 0.1) is 12.0 Å². The molecule has 1 amide bonds. The highest BCUT2D eigenvalue weighted by Gasteiger charge is 2.55. The molecule has 27 heavy (non-hydrogen) atoms. The molecule has 6 nitrogen and oxygen atoms in total. The molecule has 4 bridgehead atoms. The van der Waals surface area contributed by atoms with E-state index in [1.165, 1.54) is 5.56 Å². The average Bonchev–Trinajstić information content (AvgIpc) is 2.83. The largest absolute Gasteiger partial charge is 0.347 e. The first-order chi connectivity index (χ1) is 13.1. The molecule has 6 rings (SSSR count). The van der Waals surface area contributed by atoms with E-state index in [0.717, 1.165) is 45.0 Å². The zero-order chi connectivity index (χ0) is 18.6. The summed E-state index contributed by atoms with van der Waals surface area (Å²) in [4.78, 5) is 22.7. The number of imidazole rings is 1. The van der Waals surface area contributed by atoms with Crippen molar-refractivity contribution in [2.45, 2.75) is 18.4 Å². The van der Waals surface area contributed by atoms with Crippen molar-refractivity contribution in [3.63, 3.8) is 0 Å². The number of amides is 1. The highest BCUT2D eigenvalue weighted by Crippen LogP contribution is 2.43. The van der Waals surface area contributed by atoms with Gasteiger partial charge in [0.15, 0.2) is 0 Å². The maximum Gasteiger partial charge on any atom is 0.270 e. The van der Waals surface area contributed by atoms with Crippen molar-refractivity contribution in [2.24, 2.45) is 13.0 Å². The van der Waals surface area contributed by atoms with Crippen LogP contribution in [0.2, 0.25) is 0 Å². The molecule has 2 aromatic rings. The lowest BCUT2D eigenvalue weighted by atomic mass is 9.64. The average molecular weight is 365 g/mol. The van der Waals surface area contributed by atoms with Crippen LogP contribution in [0.15, 0.2) is 36.7 Å². The Morgan fingerprint density at radius 2 is 1.81 bits per heavy atom. The Balaban J connectivity index is 1.55. The highest BCUT2D eigenvalue weighted by molar-refractivity contribution is 5.94. The van der Waals surface area contributed by atoms with E-state index in [1.807, 2.05) is 18.5 Å². The molecule has 0 spiro atoms. The third kappa shape index (κ3) is 2.62. The van der Waals surface area contributed by atoms with Gasteiger partial charge in [-0.25, -0.2) is 4.98 Å². The molecule has 142 valence electrons. The number of nitrogens with zero attached hydrogens (tertiary/aromatic N) is 4. The third-order valence-electron chi connectivity index (χ3n) is 6.77. The Bertz CT molecular complexity index is 825. The highest BCUT2D eigenvalue weighted by atomic mass is 16.2. The number of hydrogen-bond acceptors (Lipinski definition) is 4. The lowest BCUT2D eigenvalue weighted by molar-refractivity contribution is 0.0178. The normalized spacial score (nSPS) is 34.4. The fourth-order valence-electron chi connectivity index (χ4n) is 5.65. The Morgan fingerprint density at radius 1 is 1.15 bits per heavy atom. The van der Waals surface area contributed by atoms with Gasteiger partial charge in [0.2, 0.25) is 0 Å². The molecule has 2 unspecified atom stereocenters. The van der Waals surface area contributed by atoms with Crippen LogP contribution in [-0.4, -0.2) is 70.6 Å². The van der Waals surface area contributed by atoms with Gasteiger partial charge in [-0.1, -0.05) is 30.3 Å². The van der Waals surface area contributed by atoms with E-state index >= 15 is 0 Å². The van der Waals surface area contributed by atoms with Crippen LogP contribution in [0.1, 0.15) is 21.7 Å². The first-order valence-corrected chi connectivity index (χ1v) is 9.86. The van der Waals surface area contributed by atoms with E-state index in [9.17, 15) is 4.79 Å². The van der Waals surface area contributed by atoms with Gasteiger partial charge >= 0.3 is 0 Å². The summed E-state index contributed by atoms with van der Waals surface area (Å²) < 4.78 is 1.83. The molecule has 0 aliphatic carbocycles. The SMILES string of the molecule is Cc1ncn(C)c1C(=O)N[C@@H]1C2CN3CCN(C2)CC1(c1ccccc1)C3. The summed E-state index contributed by atoms with van der Waals surface area (Å²) in [5.41, 5.74) is 2.75. The Labute approximate surface area is 160 Å². The van der Waals surface area contributed by atoms with Crippen LogP contribution < -0.4 is 5.32 Å². The number of rotatable bonds is 3. The summed E-state index contributed by atoms with van der Waals surface area (Å²) in [6.45, 7) is 8.33. The van der Waals surface area contributed by atoms with Crippen molar-refractivity contribution in [3.05, 3.63) is 53.6 Å². The number of hydrogen-bond donors (Lipinski definition) is 1. The van der Waals surface area contributed by atoms with Crippen molar-refractivity contribution in [1.29, 1.82) is 0 Å². The fourth-order valence-corrected chi connectivity index (χ4v) is 5.65. The van der Waals surface area contributed by atoms with Crippen LogP contribution in [0.25, 0.3) is 0 Å². The van der Waals surface area contributed by atoms with Crippen LogP contribution in [0.5, 0.6) is 0 Å². The van der Waals surface area contributed by atoms with Gasteiger partial charge in [-0.2, -0.15) is 0 Å². The molecule has 4 fully saturated rings. The van der Waals surface area contributed by atoms with Gasteiger partial charge in [0.1, 0.15) is 5.69 Å². The van der Waals surface area contributed by atoms with Crippen LogP contribution in [0.3, 0.4) is 0 Å². The molecule has 6 heteroatoms. The van der Waals surface area contributed by atoms with Crippen LogP contribution >= 0.6 is 0 Å². The van der Waals surface area contributed by atoms with Gasteiger partial charge in [0, 0.05) is 63.7 Å². The second kappa shape index (κ2) is 6.17. The molecule has 0 radical (unpaired) electrons. The fraction of sp³-hybridized carbons (Fsp3) is 0.524. The summed E-state index contributed by atoms with van der Waals surface area (Å²) in [6.07, 6.45) is 1.72. The first-order valence-electron chi connectivity index (χ1n) is 9.86. The van der Waals surface area contributed by atoms with E-state index in [1.54, 1.807) is 6.33 Å². The predicted molar refractivity (Wildman–Crippen MR) is 104 cm³/mol. The number of carbonyl (C=O) groups excluding carboxylic acids is 1. The summed E-state index contributed by atoms with van der Waals surface area (Å²) in [5.74, 6) is 0.455. The zero-order valence-electron chi connectivity index (χ0n) is 16.1. The van der Waals surface area contributed by atoms with E-state index < -0.39 is 0 Å². The predicted octanol–water partition coefficient (Wildman–Crippen LogP) is 1.03. The molecule has 1 N–H and O–H groups in total. The second-order valence-corrected chi connectivity index (χ2v) is 8.49. The van der Waals surface area contributed by atoms with Gasteiger partial charge in [0.25, 0.3) is 5.91 Å². The van der Waals surface area contributed by atoms with Gasteiger partial charge in [-0.15, -0.1) is 0 Å². The minimum atomic E-state index is -0.0545. The topological polar surface area (TPSA) is 53.4 Å². The van der Waals surface area contributed by atoms with Crippen molar-refractivity contribution in [1.82, 2.24) is 24.7 Å². The Morgan fingerprint density at radius 3 is 2.41 bits per heavy atom. The van der Waals surface area contributed by atoms with Crippen molar-refractivity contribution in [3.8, 4) is 0 Å². The molecule has 4 saturated heterocycles. The maximum absolute atomic E-state index is 13.2. The second-order valence-electron chi connectivity index (χ2n) is 8.49. The maximum atomic E-state index is 13.2. The quantitative estimate of drug-likeness (QED) is 0.883. The number of benzene rings is 1. The van der Waals surface area contributed by atoms with Crippen molar-refractivity contribution in [2.75, 3.05) is 39.3 Å². The van der Waals surface area contributed by atoms with E-state index in [-0.39, 0.29) is 17.4 Å². The minimum Gasteiger partial charge on any atom is -0.347 e. The molecule has 4 aliphatic rings. The molecule has 3 atom stereocenters.